The monoisotopic (exact) mass is 1290 g/mol. The molecule has 0 N–H and O–H groups in total. The van der Waals surface area contributed by atoms with E-state index >= 15 is 0 Å². The molecule has 0 fully saturated rings. The number of rotatable bonds is 12. The molecule has 8 aromatic carbocycles. The van der Waals surface area contributed by atoms with Crippen molar-refractivity contribution in [3.05, 3.63) is 245 Å². The number of ether oxygens (including phenoxy) is 1. The molecule has 0 amide bonds. The smallest absolute Gasteiger partial charge is 0.135 e. The van der Waals surface area contributed by atoms with Crippen molar-refractivity contribution in [2.45, 2.75) is 157 Å². The molecule has 434 valence electrons. The van der Waals surface area contributed by atoms with E-state index in [1.807, 2.05) is 6.20 Å². The van der Waals surface area contributed by atoms with Gasteiger partial charge in [-0.3, -0.25) is 0 Å². The molecule has 0 saturated carbocycles. The van der Waals surface area contributed by atoms with E-state index in [-0.39, 0.29) is 60.0 Å². The van der Waals surface area contributed by atoms with E-state index < -0.39 is 0 Å². The Morgan fingerprint density at radius 1 is 0.464 bits per heavy atom. The van der Waals surface area contributed by atoms with E-state index in [2.05, 4.69) is 321 Å². The summed E-state index contributed by atoms with van der Waals surface area (Å²) in [6.07, 6.45) is 1.94. The third kappa shape index (κ3) is 11.2. The van der Waals surface area contributed by atoms with Crippen molar-refractivity contribution in [1.29, 1.82) is 0 Å². The van der Waals surface area contributed by atoms with Gasteiger partial charge in [0.1, 0.15) is 5.82 Å². The van der Waals surface area contributed by atoms with Crippen molar-refractivity contribution in [3.8, 4) is 28.4 Å². The molecule has 84 heavy (non-hydrogen) atoms. The zero-order chi connectivity index (χ0) is 59.1. The van der Waals surface area contributed by atoms with Gasteiger partial charge in [0.15, 0.2) is 0 Å². The summed E-state index contributed by atoms with van der Waals surface area (Å²) in [7, 11) is 0. The maximum absolute atomic E-state index is 7.26. The van der Waals surface area contributed by atoms with E-state index in [0.717, 1.165) is 55.9 Å². The van der Waals surface area contributed by atoms with Crippen molar-refractivity contribution in [3.63, 3.8) is 0 Å². The second-order valence-corrected chi connectivity index (χ2v) is 27.9. The summed E-state index contributed by atoms with van der Waals surface area (Å²) in [5, 5.41) is 2.20. The van der Waals surface area contributed by atoms with Gasteiger partial charge in [0.25, 0.3) is 0 Å². The standard InChI is InChI=1S/C78H83N4O.Pt/c1-50(2)62-32-26-33-63(51(3)4)73(62)52-39-58(45-61(40-52)83-60-35-36-65-64-31-24-25-34-68(64)82(69(65)46-60)72-44-55(37-38-79-72)77(14,15)53-27-20-18-21-28-53)80-49-81(71-48-67(76(11,12)13)66(47-70(71)80)75(8,9)10)59-42-56(74(5,6)7)41-57(43-59)78(16,17)54-29-22-19-23-30-54;/h18-44,47-51H,1-17H3;/q-3;. The van der Waals surface area contributed by atoms with Crippen LogP contribution in [0, 0.1) is 18.8 Å². The van der Waals surface area contributed by atoms with E-state index in [9.17, 15) is 0 Å². The second-order valence-electron chi connectivity index (χ2n) is 27.9. The SMILES string of the molecule is CC(C)c1cccc(C(C)C)c1-c1cc(Oc2[c-]c3c(cc2)c2ccccc2n3-c2cc(C(C)(C)c3ccccc3)ccn2)[c-]c(N2[CH-]N(c3cc(C(C)(C)C)cc(C(C)(C)c4ccccc4)c3)c3cc(C(C)(C)C)c(C(C)(C)C)cc32)c1.[Pt]. The molecule has 0 bridgehead atoms. The Labute approximate surface area is 516 Å². The fourth-order valence-corrected chi connectivity index (χ4v) is 12.4. The van der Waals surface area contributed by atoms with Crippen molar-refractivity contribution >= 4 is 44.6 Å². The molecule has 0 aliphatic carbocycles. The van der Waals surface area contributed by atoms with E-state index in [1.165, 1.54) is 55.6 Å². The number of anilines is 4. The van der Waals surface area contributed by atoms with Crippen LogP contribution in [0.2, 0.25) is 0 Å². The third-order valence-electron chi connectivity index (χ3n) is 17.5. The minimum Gasteiger partial charge on any atom is -0.509 e. The number of hydrogen-bond acceptors (Lipinski definition) is 4. The number of fused-ring (bicyclic) bond motifs is 4. The van der Waals surface area contributed by atoms with Crippen LogP contribution in [0.5, 0.6) is 11.5 Å². The van der Waals surface area contributed by atoms with Gasteiger partial charge in [0.2, 0.25) is 0 Å². The molecule has 5 nitrogen and oxygen atoms in total. The van der Waals surface area contributed by atoms with Crippen LogP contribution in [0.1, 0.15) is 180 Å². The molecule has 1 aliphatic rings. The molecule has 0 saturated heterocycles. The van der Waals surface area contributed by atoms with Crippen molar-refractivity contribution in [2.24, 2.45) is 0 Å². The summed E-state index contributed by atoms with van der Waals surface area (Å²) < 4.78 is 9.50. The van der Waals surface area contributed by atoms with Crippen LogP contribution >= 0.6 is 0 Å². The van der Waals surface area contributed by atoms with Gasteiger partial charge < -0.3 is 19.1 Å². The molecule has 0 unspecified atom stereocenters. The molecule has 0 atom stereocenters. The summed E-state index contributed by atoms with van der Waals surface area (Å²) in [6, 6.07) is 70.1. The summed E-state index contributed by atoms with van der Waals surface area (Å²) in [5.74, 6) is 2.56. The van der Waals surface area contributed by atoms with Crippen molar-refractivity contribution < 1.29 is 25.8 Å². The normalized spacial score (nSPS) is 13.3. The van der Waals surface area contributed by atoms with Crippen LogP contribution in [0.3, 0.4) is 0 Å². The second kappa shape index (κ2) is 22.3. The number of para-hydroxylation sites is 1. The van der Waals surface area contributed by atoms with Crippen LogP contribution in [0.15, 0.2) is 176 Å². The number of aromatic nitrogens is 2. The van der Waals surface area contributed by atoms with Crippen LogP contribution in [0.4, 0.5) is 22.7 Å². The topological polar surface area (TPSA) is 33.5 Å². The Balaban J connectivity index is 0.00000786. The summed E-state index contributed by atoms with van der Waals surface area (Å²) >= 11 is 0. The van der Waals surface area contributed by atoms with Crippen LogP contribution in [-0.2, 0) is 48.1 Å². The first-order valence-electron chi connectivity index (χ1n) is 29.9. The molecule has 0 spiro atoms. The van der Waals surface area contributed by atoms with Crippen molar-refractivity contribution in [1.82, 2.24) is 9.55 Å². The average molecular weight is 1290 g/mol. The first kappa shape index (κ1) is 59.9. The minimum absolute atomic E-state index is 0. The first-order valence-corrected chi connectivity index (χ1v) is 29.9. The average Bonchev–Trinajstić information content (AvgIpc) is 1.69. The Morgan fingerprint density at radius 2 is 1.02 bits per heavy atom. The van der Waals surface area contributed by atoms with E-state index in [1.54, 1.807) is 0 Å². The molecular formula is C78H83N4OPt-3. The molecular weight excluding hydrogens is 1200 g/mol. The van der Waals surface area contributed by atoms with Gasteiger partial charge in [-0.05, 0) is 132 Å². The van der Waals surface area contributed by atoms with Gasteiger partial charge in [0.05, 0.1) is 0 Å². The Kier molecular flexibility index (Phi) is 15.9. The van der Waals surface area contributed by atoms with E-state index in [4.69, 9.17) is 9.72 Å². The first-order chi connectivity index (χ1) is 39.2. The summed E-state index contributed by atoms with van der Waals surface area (Å²) in [6.45, 7) is 41.8. The fourth-order valence-electron chi connectivity index (χ4n) is 12.4. The summed E-state index contributed by atoms with van der Waals surface area (Å²) in [5.41, 5.74) is 19.1. The molecule has 10 aromatic rings. The number of pyridine rings is 1. The molecule has 2 aromatic heterocycles. The Hall–Kier alpha value is -7.20. The van der Waals surface area contributed by atoms with Crippen LogP contribution in [0.25, 0.3) is 38.8 Å². The van der Waals surface area contributed by atoms with Gasteiger partial charge in [-0.15, -0.1) is 53.6 Å². The maximum Gasteiger partial charge on any atom is 0.135 e. The molecule has 3 heterocycles. The van der Waals surface area contributed by atoms with Crippen molar-refractivity contribution in [2.75, 3.05) is 9.80 Å². The molecule has 6 heteroatoms. The molecule has 1 aliphatic heterocycles. The largest absolute Gasteiger partial charge is 0.509 e. The Bertz CT molecular complexity index is 4020. The van der Waals surface area contributed by atoms with Gasteiger partial charge in [-0.2, -0.15) is 6.07 Å². The molecule has 0 radical (unpaired) electrons. The predicted molar refractivity (Wildman–Crippen MR) is 351 cm³/mol. The van der Waals surface area contributed by atoms with Gasteiger partial charge in [0, 0.05) is 72.2 Å². The maximum atomic E-state index is 7.26. The zero-order valence-corrected chi connectivity index (χ0v) is 54.8. The van der Waals surface area contributed by atoms with Gasteiger partial charge >= 0.3 is 0 Å². The number of benzene rings is 8. The molecule has 11 rings (SSSR count). The quantitative estimate of drug-likeness (QED) is 0.114. The fraction of sp³-hybridized carbons (Fsp3) is 0.308. The zero-order valence-electron chi connectivity index (χ0n) is 52.5. The number of nitrogens with zero attached hydrogens (tertiary/aromatic N) is 4. The van der Waals surface area contributed by atoms with Crippen LogP contribution in [-0.4, -0.2) is 9.55 Å². The third-order valence-corrected chi connectivity index (χ3v) is 17.5. The Morgan fingerprint density at radius 3 is 1.61 bits per heavy atom. The van der Waals surface area contributed by atoms with Gasteiger partial charge in [-0.1, -0.05) is 226 Å². The minimum atomic E-state index is -0.271. The predicted octanol–water partition coefficient (Wildman–Crippen LogP) is 21.4. The number of hydrogen-bond donors (Lipinski definition) is 0. The van der Waals surface area contributed by atoms with Crippen LogP contribution < -0.4 is 14.5 Å². The van der Waals surface area contributed by atoms with E-state index in [0.29, 0.717) is 11.5 Å². The van der Waals surface area contributed by atoms with Gasteiger partial charge in [-0.25, -0.2) is 4.98 Å². The summed E-state index contributed by atoms with van der Waals surface area (Å²) in [4.78, 5) is 9.87.